The predicted octanol–water partition coefficient (Wildman–Crippen LogP) is 14.5. The van der Waals surface area contributed by atoms with Gasteiger partial charge in [0.1, 0.15) is 24.0 Å². The highest BCUT2D eigenvalue weighted by molar-refractivity contribution is 6.25. The SMILES string of the molecule is Cc1cc(-n2c3ccccc3c3ccc(Oc4cccc(N5CN(c6c7c(cc8c9ccccc9n(C)c68)c6ccccc6n7C)c6ccccc65)c4)cc32)ncc1-c1ccccc1. The first-order valence-corrected chi connectivity index (χ1v) is 21.8. The summed E-state index contributed by atoms with van der Waals surface area (Å²) >= 11 is 0. The Kier molecular flexibility index (Phi) is 7.88. The number of aromatic nitrogens is 4. The van der Waals surface area contributed by atoms with E-state index in [1.54, 1.807) is 0 Å². The van der Waals surface area contributed by atoms with Gasteiger partial charge in [-0.1, -0.05) is 103 Å². The lowest BCUT2D eigenvalue weighted by atomic mass is 10.0. The van der Waals surface area contributed by atoms with E-state index in [9.17, 15) is 0 Å². The van der Waals surface area contributed by atoms with Crippen molar-refractivity contribution >= 4 is 88.2 Å². The molecule has 0 radical (unpaired) electrons. The zero-order valence-electron chi connectivity index (χ0n) is 35.7. The summed E-state index contributed by atoms with van der Waals surface area (Å²) in [6.07, 6.45) is 2.00. The van der Waals surface area contributed by atoms with Gasteiger partial charge in [0.15, 0.2) is 0 Å². The molecule has 7 heteroatoms. The number of rotatable bonds is 6. The highest BCUT2D eigenvalue weighted by Crippen LogP contribution is 2.51. The van der Waals surface area contributed by atoms with Gasteiger partial charge in [-0.2, -0.15) is 0 Å². The van der Waals surface area contributed by atoms with Crippen LogP contribution in [0.15, 0.2) is 188 Å². The average molecular weight is 827 g/mol. The van der Waals surface area contributed by atoms with Crippen LogP contribution in [-0.4, -0.2) is 25.4 Å². The molecule has 4 aromatic heterocycles. The van der Waals surface area contributed by atoms with Gasteiger partial charge in [-0.25, -0.2) is 4.98 Å². The summed E-state index contributed by atoms with van der Waals surface area (Å²) in [5.74, 6) is 2.40. The molecule has 12 aromatic rings. The van der Waals surface area contributed by atoms with Crippen molar-refractivity contribution in [1.29, 1.82) is 0 Å². The van der Waals surface area contributed by atoms with Gasteiger partial charge < -0.3 is 23.7 Å². The van der Waals surface area contributed by atoms with Crippen LogP contribution < -0.4 is 14.5 Å². The molecule has 0 atom stereocenters. The molecule has 8 aromatic carbocycles. The van der Waals surface area contributed by atoms with Crippen molar-refractivity contribution in [2.45, 2.75) is 6.92 Å². The fourth-order valence-electron chi connectivity index (χ4n) is 10.5. The first kappa shape index (κ1) is 36.4. The zero-order chi connectivity index (χ0) is 42.6. The molecule has 0 aliphatic carbocycles. The number of anilines is 4. The van der Waals surface area contributed by atoms with Crippen molar-refractivity contribution in [3.63, 3.8) is 0 Å². The third-order valence-corrected chi connectivity index (χ3v) is 13.5. The molecule has 0 unspecified atom stereocenters. The quantitative estimate of drug-likeness (QED) is 0.167. The molecule has 0 saturated carbocycles. The van der Waals surface area contributed by atoms with E-state index in [2.05, 4.69) is 214 Å². The van der Waals surface area contributed by atoms with E-state index in [-0.39, 0.29) is 0 Å². The molecule has 7 nitrogen and oxygen atoms in total. The van der Waals surface area contributed by atoms with E-state index in [1.807, 2.05) is 18.3 Å². The van der Waals surface area contributed by atoms with Crippen molar-refractivity contribution in [1.82, 2.24) is 18.7 Å². The number of para-hydroxylation sites is 5. The summed E-state index contributed by atoms with van der Waals surface area (Å²) in [4.78, 5) is 9.97. The van der Waals surface area contributed by atoms with E-state index in [1.165, 1.54) is 60.2 Å². The lowest BCUT2D eigenvalue weighted by Gasteiger charge is -2.25. The number of hydrogen-bond acceptors (Lipinski definition) is 4. The third-order valence-electron chi connectivity index (χ3n) is 13.5. The third kappa shape index (κ3) is 5.31. The van der Waals surface area contributed by atoms with Gasteiger partial charge in [-0.15, -0.1) is 0 Å². The molecular weight excluding hydrogens is 785 g/mol. The van der Waals surface area contributed by atoms with Gasteiger partial charge in [-0.05, 0) is 84.8 Å². The van der Waals surface area contributed by atoms with Crippen molar-refractivity contribution in [3.8, 4) is 28.4 Å². The van der Waals surface area contributed by atoms with E-state index in [0.717, 1.165) is 61.9 Å². The summed E-state index contributed by atoms with van der Waals surface area (Å²) in [7, 11) is 4.42. The molecular formula is C57H42N6O. The number of fused-ring (bicyclic) bond motifs is 10. The zero-order valence-corrected chi connectivity index (χ0v) is 35.7. The average Bonchev–Trinajstić information content (AvgIpc) is 4.05. The van der Waals surface area contributed by atoms with Crippen molar-refractivity contribution in [2.75, 3.05) is 16.5 Å². The monoisotopic (exact) mass is 826 g/mol. The van der Waals surface area contributed by atoms with Gasteiger partial charge in [0, 0.05) is 87.0 Å². The Morgan fingerprint density at radius 2 is 1.05 bits per heavy atom. The normalized spacial score (nSPS) is 12.8. The Labute approximate surface area is 369 Å². The van der Waals surface area contributed by atoms with Gasteiger partial charge in [0.2, 0.25) is 0 Å². The largest absolute Gasteiger partial charge is 0.457 e. The molecule has 306 valence electrons. The Morgan fingerprint density at radius 3 is 1.73 bits per heavy atom. The maximum Gasteiger partial charge on any atom is 0.137 e. The van der Waals surface area contributed by atoms with Crippen molar-refractivity contribution < 1.29 is 4.74 Å². The molecule has 5 heterocycles. The molecule has 0 fully saturated rings. The molecule has 0 N–H and O–H groups in total. The summed E-state index contributed by atoms with van der Waals surface area (Å²) in [5, 5.41) is 7.37. The second kappa shape index (κ2) is 13.9. The van der Waals surface area contributed by atoms with Crippen molar-refractivity contribution in [3.05, 3.63) is 194 Å². The minimum atomic E-state index is 0.627. The number of hydrogen-bond donors (Lipinski definition) is 0. The number of pyridine rings is 1. The highest BCUT2D eigenvalue weighted by atomic mass is 16.5. The Hall–Kier alpha value is -8.29. The standard InChI is InChI=1S/C57H42N6O/c1-36-30-54(58-34-47(36)37-16-5-4-6-17-37)63-50-25-12-9-20-41(50)44-29-28-40(32-53(44)63)64-39-19-15-18-38(31-39)61-35-62(52-27-14-13-26-51(52)61)57-55-45(42-21-7-10-23-48(42)59(55)2)33-46-43-22-8-11-24-49(43)60(3)56(46)57/h4-34H,35H2,1-3H3. The van der Waals surface area contributed by atoms with E-state index >= 15 is 0 Å². The minimum Gasteiger partial charge on any atom is -0.457 e. The number of nitrogens with zero attached hydrogens (tertiary/aromatic N) is 6. The Morgan fingerprint density at radius 1 is 0.469 bits per heavy atom. The van der Waals surface area contributed by atoms with Crippen LogP contribution in [0.4, 0.5) is 22.7 Å². The van der Waals surface area contributed by atoms with E-state index in [0.29, 0.717) is 6.67 Å². The van der Waals surface area contributed by atoms with Crippen LogP contribution in [0.3, 0.4) is 0 Å². The second-order valence-electron chi connectivity index (χ2n) is 17.0. The second-order valence-corrected chi connectivity index (χ2v) is 17.0. The lowest BCUT2D eigenvalue weighted by molar-refractivity contribution is 0.483. The van der Waals surface area contributed by atoms with Crippen LogP contribution in [0.25, 0.3) is 82.4 Å². The number of ether oxygens (including phenoxy) is 1. The van der Waals surface area contributed by atoms with Gasteiger partial charge in [-0.3, -0.25) is 4.57 Å². The summed E-state index contributed by atoms with van der Waals surface area (Å²) in [6, 6.07) is 64.8. The first-order chi connectivity index (χ1) is 31.5. The smallest absolute Gasteiger partial charge is 0.137 e. The van der Waals surface area contributed by atoms with Crippen LogP contribution in [0.5, 0.6) is 11.5 Å². The maximum absolute atomic E-state index is 6.81. The van der Waals surface area contributed by atoms with Gasteiger partial charge in [0.05, 0.1) is 39.1 Å². The molecule has 0 spiro atoms. The van der Waals surface area contributed by atoms with Crippen LogP contribution in [0, 0.1) is 6.92 Å². The molecule has 13 rings (SSSR count). The fraction of sp³-hybridized carbons (Fsp3) is 0.0702. The summed E-state index contributed by atoms with van der Waals surface area (Å²) in [6.45, 7) is 2.79. The van der Waals surface area contributed by atoms with Crippen LogP contribution in [0.2, 0.25) is 0 Å². The fourth-order valence-corrected chi connectivity index (χ4v) is 10.5. The predicted molar refractivity (Wildman–Crippen MR) is 265 cm³/mol. The van der Waals surface area contributed by atoms with Crippen LogP contribution in [0.1, 0.15) is 5.56 Å². The van der Waals surface area contributed by atoms with E-state index < -0.39 is 0 Å². The molecule has 0 amide bonds. The molecule has 0 saturated heterocycles. The molecule has 1 aliphatic rings. The minimum absolute atomic E-state index is 0.627. The summed E-state index contributed by atoms with van der Waals surface area (Å²) < 4.78 is 13.8. The van der Waals surface area contributed by atoms with Crippen molar-refractivity contribution in [2.24, 2.45) is 14.1 Å². The Balaban J connectivity index is 0.906. The molecule has 64 heavy (non-hydrogen) atoms. The topological polar surface area (TPSA) is 43.4 Å². The molecule has 1 aliphatic heterocycles. The first-order valence-electron chi connectivity index (χ1n) is 21.8. The summed E-state index contributed by atoms with van der Waals surface area (Å²) in [5.41, 5.74) is 15.1. The number of aryl methyl sites for hydroxylation is 3. The van der Waals surface area contributed by atoms with Crippen LogP contribution >= 0.6 is 0 Å². The lowest BCUT2D eigenvalue weighted by Crippen LogP contribution is -2.25. The van der Waals surface area contributed by atoms with Crippen LogP contribution in [-0.2, 0) is 14.1 Å². The Bertz CT molecular complexity index is 3760. The molecule has 0 bridgehead atoms. The van der Waals surface area contributed by atoms with Gasteiger partial charge in [0.25, 0.3) is 0 Å². The maximum atomic E-state index is 6.81. The van der Waals surface area contributed by atoms with Gasteiger partial charge >= 0.3 is 0 Å². The number of benzene rings is 8. The van der Waals surface area contributed by atoms with E-state index in [4.69, 9.17) is 9.72 Å². The highest BCUT2D eigenvalue weighted by Gasteiger charge is 2.33.